The molecule has 5 heterocycles. The van der Waals surface area contributed by atoms with Crippen LogP contribution in [0.1, 0.15) is 6.92 Å². The summed E-state index contributed by atoms with van der Waals surface area (Å²) in [5.74, 6) is 0.819. The second kappa shape index (κ2) is 8.18. The van der Waals surface area contributed by atoms with Gasteiger partial charge in [-0.15, -0.1) is 0 Å². The lowest BCUT2D eigenvalue weighted by atomic mass is 10.2. The van der Waals surface area contributed by atoms with Crippen LogP contribution >= 0.6 is 0 Å². The highest BCUT2D eigenvalue weighted by Gasteiger charge is 2.19. The van der Waals surface area contributed by atoms with Gasteiger partial charge in [-0.05, 0) is 36.4 Å². The number of nitrogens with one attached hydrogen (secondary N) is 2. The summed E-state index contributed by atoms with van der Waals surface area (Å²) in [7, 11) is 0. The zero-order valence-electron chi connectivity index (χ0n) is 18.8. The maximum absolute atomic E-state index is 11.6. The molecule has 0 spiro atoms. The van der Waals surface area contributed by atoms with Crippen LogP contribution in [0, 0.1) is 0 Å². The smallest absolute Gasteiger partial charge is 0.219 e. The molecule has 0 aliphatic carbocycles. The van der Waals surface area contributed by atoms with Crippen molar-refractivity contribution in [1.82, 2.24) is 29.2 Å². The van der Waals surface area contributed by atoms with Gasteiger partial charge in [0.1, 0.15) is 0 Å². The topological polar surface area (TPSA) is 94.5 Å². The van der Waals surface area contributed by atoms with Crippen molar-refractivity contribution in [1.29, 1.82) is 0 Å². The molecule has 0 bridgehead atoms. The lowest BCUT2D eigenvalue weighted by molar-refractivity contribution is -0.129. The number of amides is 1. The molecule has 1 aromatic carbocycles. The number of rotatable bonds is 4. The first-order valence-electron chi connectivity index (χ1n) is 11.3. The SMILES string of the molecule is CC(=O)N1CCN(c2ccc(Nc3nc(-c4cnc5cc[nH]c5c4)cn4ccnc34)cc2)CC1. The minimum atomic E-state index is 0.142. The summed E-state index contributed by atoms with van der Waals surface area (Å²) in [6, 6.07) is 12.3. The van der Waals surface area contributed by atoms with Crippen LogP contribution in [0.3, 0.4) is 0 Å². The van der Waals surface area contributed by atoms with Crippen molar-refractivity contribution < 1.29 is 4.79 Å². The molecule has 170 valence electrons. The largest absolute Gasteiger partial charge is 0.368 e. The van der Waals surface area contributed by atoms with E-state index in [0.717, 1.165) is 65.5 Å². The van der Waals surface area contributed by atoms with Crippen molar-refractivity contribution in [3.8, 4) is 11.3 Å². The molecule has 0 saturated carbocycles. The number of aromatic nitrogens is 5. The van der Waals surface area contributed by atoms with Crippen LogP contribution in [-0.2, 0) is 4.79 Å². The Balaban J connectivity index is 1.26. The standard InChI is InChI=1S/C25H24N8O/c1-17(34)31-10-12-32(13-11-31)20-4-2-19(3-5-20)29-24-25-27-8-9-33(25)16-23(30-24)18-14-22-21(28-15-18)6-7-26-22/h2-9,14-16,26H,10-13H2,1H3,(H,29,30). The van der Waals surface area contributed by atoms with Crippen molar-refractivity contribution in [2.24, 2.45) is 0 Å². The molecular formula is C25H24N8O. The third-order valence-electron chi connectivity index (χ3n) is 6.29. The second-order valence-electron chi connectivity index (χ2n) is 8.43. The first kappa shape index (κ1) is 20.2. The van der Waals surface area contributed by atoms with Gasteiger partial charge in [0.15, 0.2) is 11.5 Å². The van der Waals surface area contributed by atoms with Gasteiger partial charge in [-0.1, -0.05) is 0 Å². The first-order valence-corrected chi connectivity index (χ1v) is 11.3. The number of carbonyl (C=O) groups excluding carboxylic acids is 1. The molecule has 2 N–H and O–H groups in total. The maximum atomic E-state index is 11.6. The molecular weight excluding hydrogens is 428 g/mol. The van der Waals surface area contributed by atoms with Crippen LogP contribution in [0.25, 0.3) is 27.9 Å². The zero-order valence-corrected chi connectivity index (χ0v) is 18.8. The van der Waals surface area contributed by atoms with Gasteiger partial charge in [-0.25, -0.2) is 9.97 Å². The number of pyridine rings is 1. The summed E-state index contributed by atoms with van der Waals surface area (Å²) in [5, 5.41) is 3.43. The van der Waals surface area contributed by atoms with Crippen molar-refractivity contribution in [2.75, 3.05) is 36.4 Å². The van der Waals surface area contributed by atoms with E-state index in [1.165, 1.54) is 0 Å². The third kappa shape index (κ3) is 3.71. The van der Waals surface area contributed by atoms with Gasteiger partial charge >= 0.3 is 0 Å². The van der Waals surface area contributed by atoms with Gasteiger partial charge in [0.05, 0.1) is 16.7 Å². The Kier molecular flexibility index (Phi) is 4.87. The third-order valence-corrected chi connectivity index (χ3v) is 6.29. The average Bonchev–Trinajstić information content (AvgIpc) is 3.53. The highest BCUT2D eigenvalue weighted by Crippen LogP contribution is 2.27. The van der Waals surface area contributed by atoms with Crippen LogP contribution in [0.15, 0.2) is 67.4 Å². The minimum Gasteiger partial charge on any atom is -0.368 e. The Labute approximate surface area is 196 Å². The fourth-order valence-electron chi connectivity index (χ4n) is 4.40. The van der Waals surface area contributed by atoms with Crippen molar-refractivity contribution in [2.45, 2.75) is 6.92 Å². The number of fused-ring (bicyclic) bond motifs is 2. The van der Waals surface area contributed by atoms with Crippen molar-refractivity contribution in [3.05, 3.63) is 67.4 Å². The zero-order chi connectivity index (χ0) is 23.1. The molecule has 0 unspecified atom stereocenters. The lowest BCUT2D eigenvalue weighted by Crippen LogP contribution is -2.48. The normalized spacial score (nSPS) is 14.1. The number of nitrogens with zero attached hydrogens (tertiary/aromatic N) is 6. The fraction of sp³-hybridized carbons (Fsp3) is 0.200. The van der Waals surface area contributed by atoms with Gasteiger partial charge in [-0.2, -0.15) is 0 Å². The Bertz CT molecular complexity index is 1480. The lowest BCUT2D eigenvalue weighted by Gasteiger charge is -2.35. The van der Waals surface area contributed by atoms with Crippen LogP contribution in [0.4, 0.5) is 17.2 Å². The summed E-state index contributed by atoms with van der Waals surface area (Å²) >= 11 is 0. The Morgan fingerprint density at radius 3 is 2.68 bits per heavy atom. The van der Waals surface area contributed by atoms with Gasteiger partial charge < -0.3 is 24.5 Å². The molecule has 1 fully saturated rings. The number of H-pyrrole nitrogens is 1. The molecule has 0 radical (unpaired) electrons. The number of hydrogen-bond donors (Lipinski definition) is 2. The molecule has 1 aliphatic heterocycles. The van der Waals surface area contributed by atoms with E-state index in [1.807, 2.05) is 52.3 Å². The highest BCUT2D eigenvalue weighted by atomic mass is 16.2. The van der Waals surface area contributed by atoms with E-state index in [1.54, 1.807) is 13.1 Å². The van der Waals surface area contributed by atoms with Gasteiger partial charge in [0.25, 0.3) is 0 Å². The van der Waals surface area contributed by atoms with E-state index >= 15 is 0 Å². The highest BCUT2D eigenvalue weighted by molar-refractivity contribution is 5.81. The van der Waals surface area contributed by atoms with Crippen molar-refractivity contribution in [3.63, 3.8) is 0 Å². The van der Waals surface area contributed by atoms with E-state index in [4.69, 9.17) is 4.98 Å². The first-order chi connectivity index (χ1) is 16.6. The molecule has 1 saturated heterocycles. The number of hydrogen-bond acceptors (Lipinski definition) is 6. The van der Waals surface area contributed by atoms with Crippen LogP contribution in [-0.4, -0.2) is 61.3 Å². The van der Waals surface area contributed by atoms with Crippen molar-refractivity contribution >= 4 is 39.8 Å². The molecule has 9 heteroatoms. The molecule has 1 aliphatic rings. The number of aromatic amines is 1. The molecule has 9 nitrogen and oxygen atoms in total. The summed E-state index contributed by atoms with van der Waals surface area (Å²) in [6.45, 7) is 4.82. The molecule has 0 atom stereocenters. The molecule has 34 heavy (non-hydrogen) atoms. The summed E-state index contributed by atoms with van der Waals surface area (Å²) in [4.78, 5) is 32.9. The Hall–Kier alpha value is -4.40. The van der Waals surface area contributed by atoms with E-state index in [2.05, 4.69) is 43.4 Å². The minimum absolute atomic E-state index is 0.142. The number of imidazole rings is 1. The monoisotopic (exact) mass is 452 g/mol. The van der Waals surface area contributed by atoms with E-state index in [0.29, 0.717) is 5.82 Å². The Morgan fingerprint density at radius 2 is 1.88 bits per heavy atom. The van der Waals surface area contributed by atoms with E-state index < -0.39 is 0 Å². The number of piperazine rings is 1. The van der Waals surface area contributed by atoms with Crippen LogP contribution < -0.4 is 10.2 Å². The number of anilines is 3. The molecule has 6 rings (SSSR count). The average molecular weight is 453 g/mol. The molecule has 1 amide bonds. The summed E-state index contributed by atoms with van der Waals surface area (Å²) in [6.07, 6.45) is 9.36. The van der Waals surface area contributed by atoms with Crippen LogP contribution in [0.2, 0.25) is 0 Å². The number of carbonyl (C=O) groups is 1. The predicted molar refractivity (Wildman–Crippen MR) is 132 cm³/mol. The fourth-order valence-corrected chi connectivity index (χ4v) is 4.40. The molecule has 5 aromatic rings. The van der Waals surface area contributed by atoms with Gasteiger partial charge in [-0.3, -0.25) is 9.78 Å². The number of benzene rings is 1. The second-order valence-corrected chi connectivity index (χ2v) is 8.43. The van der Waals surface area contributed by atoms with Crippen LogP contribution in [0.5, 0.6) is 0 Å². The van der Waals surface area contributed by atoms with E-state index in [-0.39, 0.29) is 5.91 Å². The molecule has 4 aromatic heterocycles. The maximum Gasteiger partial charge on any atom is 0.219 e. The quantitative estimate of drug-likeness (QED) is 0.432. The van der Waals surface area contributed by atoms with Gasteiger partial charge in [0.2, 0.25) is 5.91 Å². The summed E-state index contributed by atoms with van der Waals surface area (Å²) in [5.41, 5.74) is 6.45. The predicted octanol–water partition coefficient (Wildman–Crippen LogP) is 3.68. The van der Waals surface area contributed by atoms with Gasteiger partial charge in [0, 0.05) is 81.0 Å². The Morgan fingerprint density at radius 1 is 1.06 bits per heavy atom. The summed E-state index contributed by atoms with van der Waals surface area (Å²) < 4.78 is 1.96. The van der Waals surface area contributed by atoms with E-state index in [9.17, 15) is 4.79 Å².